The first-order chi connectivity index (χ1) is 12.0. The monoisotopic (exact) mass is 341 g/mol. The van der Waals surface area contributed by atoms with Crippen molar-refractivity contribution < 1.29 is 20.4 Å². The number of phenols is 4. The van der Waals surface area contributed by atoms with Gasteiger partial charge in [-0.15, -0.1) is 0 Å². The fourth-order valence-corrected chi connectivity index (χ4v) is 4.18. The van der Waals surface area contributed by atoms with Crippen molar-refractivity contribution in [2.24, 2.45) is 0 Å². The van der Waals surface area contributed by atoms with Gasteiger partial charge >= 0.3 is 0 Å². The molecule has 0 heterocycles. The van der Waals surface area contributed by atoms with E-state index in [1.54, 1.807) is 24.3 Å². The first-order valence-corrected chi connectivity index (χ1v) is 8.83. The topological polar surface area (TPSA) is 93.0 Å². The minimum atomic E-state index is -0.0544. The number of nitrogens with one attached hydrogen (secondary N) is 1. The summed E-state index contributed by atoms with van der Waals surface area (Å²) >= 11 is 0. The van der Waals surface area contributed by atoms with Crippen LogP contribution in [0.2, 0.25) is 0 Å². The normalized spacial score (nSPS) is 22.2. The fraction of sp³-hybridized carbons (Fsp3) is 0.400. The van der Waals surface area contributed by atoms with Crippen LogP contribution >= 0.6 is 0 Å². The molecule has 0 unspecified atom stereocenters. The summed E-state index contributed by atoms with van der Waals surface area (Å²) in [6, 6.07) is 7.38. The number of rotatable bonds is 2. The number of phenolic OH excluding ortho intramolecular Hbond substituents is 4. The van der Waals surface area contributed by atoms with E-state index in [4.69, 9.17) is 0 Å². The second kappa shape index (κ2) is 6.15. The van der Waals surface area contributed by atoms with Crippen molar-refractivity contribution in [3.63, 3.8) is 0 Å². The maximum absolute atomic E-state index is 9.73. The molecule has 2 aliphatic rings. The van der Waals surface area contributed by atoms with E-state index >= 15 is 0 Å². The largest absolute Gasteiger partial charge is 0.504 e. The Morgan fingerprint density at radius 2 is 0.960 bits per heavy atom. The number of aryl methyl sites for hydroxylation is 2. The van der Waals surface area contributed by atoms with Gasteiger partial charge in [-0.1, -0.05) is 0 Å². The van der Waals surface area contributed by atoms with Crippen LogP contribution < -0.4 is 5.32 Å². The zero-order valence-electron chi connectivity index (χ0n) is 14.0. The van der Waals surface area contributed by atoms with Crippen LogP contribution in [0, 0.1) is 0 Å². The summed E-state index contributed by atoms with van der Waals surface area (Å²) in [6.45, 7) is 0. The predicted molar refractivity (Wildman–Crippen MR) is 94.3 cm³/mol. The summed E-state index contributed by atoms with van der Waals surface area (Å²) in [5.74, 6) is -0.197. The molecule has 5 N–H and O–H groups in total. The Labute approximate surface area is 146 Å². The Morgan fingerprint density at radius 1 is 0.600 bits per heavy atom. The molecule has 5 nitrogen and oxygen atoms in total. The summed E-state index contributed by atoms with van der Waals surface area (Å²) in [4.78, 5) is 0. The second-order valence-electron chi connectivity index (χ2n) is 7.27. The lowest BCUT2D eigenvalue weighted by Crippen LogP contribution is -2.44. The van der Waals surface area contributed by atoms with Crippen LogP contribution in [0.3, 0.4) is 0 Å². The van der Waals surface area contributed by atoms with Crippen molar-refractivity contribution >= 4 is 0 Å². The number of benzene rings is 2. The third kappa shape index (κ3) is 3.12. The van der Waals surface area contributed by atoms with Gasteiger partial charge in [0, 0.05) is 12.1 Å². The summed E-state index contributed by atoms with van der Waals surface area (Å²) in [6.07, 6.45) is 5.46. The van der Waals surface area contributed by atoms with Gasteiger partial charge in [-0.25, -0.2) is 0 Å². The Balaban J connectivity index is 1.45. The highest BCUT2D eigenvalue weighted by Crippen LogP contribution is 2.34. The summed E-state index contributed by atoms with van der Waals surface area (Å²) < 4.78 is 0. The molecular formula is C20H23NO4. The standard InChI is InChI=1S/C20H23NO4/c22-17-7-11-1-3-15(5-13(11)9-19(17)24)21-16-4-2-12-8-18(23)20(25)10-14(12)6-16/h7-10,15-16,21-25H,1-6H2/t15-,16-/m0/s1. The summed E-state index contributed by atoms with van der Waals surface area (Å²) in [7, 11) is 0. The Bertz CT molecular complexity index is 750. The fourth-order valence-electron chi connectivity index (χ4n) is 4.18. The van der Waals surface area contributed by atoms with E-state index < -0.39 is 0 Å². The maximum Gasteiger partial charge on any atom is 0.157 e. The van der Waals surface area contributed by atoms with E-state index in [2.05, 4.69) is 5.32 Å². The first kappa shape index (κ1) is 16.1. The molecule has 2 aliphatic carbocycles. The molecule has 0 radical (unpaired) electrons. The average Bonchev–Trinajstić information content (AvgIpc) is 2.57. The minimum Gasteiger partial charge on any atom is -0.504 e. The van der Waals surface area contributed by atoms with Gasteiger partial charge in [-0.2, -0.15) is 0 Å². The van der Waals surface area contributed by atoms with E-state index in [0.717, 1.165) is 60.8 Å². The predicted octanol–water partition coefficient (Wildman–Crippen LogP) is 2.51. The van der Waals surface area contributed by atoms with Crippen LogP contribution in [-0.4, -0.2) is 32.5 Å². The molecule has 0 aliphatic heterocycles. The van der Waals surface area contributed by atoms with Gasteiger partial charge in [0.2, 0.25) is 0 Å². The van der Waals surface area contributed by atoms with Crippen molar-refractivity contribution in [3.8, 4) is 23.0 Å². The summed E-state index contributed by atoms with van der Waals surface area (Å²) in [5.41, 5.74) is 4.42. The van der Waals surface area contributed by atoms with Crippen molar-refractivity contribution in [2.75, 3.05) is 0 Å². The molecule has 2 atom stereocenters. The molecule has 2 aromatic carbocycles. The van der Waals surface area contributed by atoms with E-state index in [1.165, 1.54) is 0 Å². The Kier molecular flexibility index (Phi) is 3.96. The van der Waals surface area contributed by atoms with Gasteiger partial charge in [0.15, 0.2) is 23.0 Å². The van der Waals surface area contributed by atoms with Crippen LogP contribution in [0.1, 0.15) is 35.1 Å². The minimum absolute atomic E-state index is 0.0443. The van der Waals surface area contributed by atoms with E-state index in [-0.39, 0.29) is 23.0 Å². The van der Waals surface area contributed by atoms with Crippen molar-refractivity contribution in [1.29, 1.82) is 0 Å². The molecule has 5 heteroatoms. The van der Waals surface area contributed by atoms with Crippen LogP contribution in [0.15, 0.2) is 24.3 Å². The molecule has 0 saturated heterocycles. The molecule has 0 fully saturated rings. The zero-order chi connectivity index (χ0) is 17.6. The third-order valence-electron chi connectivity index (χ3n) is 5.52. The number of hydrogen-bond donors (Lipinski definition) is 5. The molecule has 0 bridgehead atoms. The van der Waals surface area contributed by atoms with Gasteiger partial charge in [0.1, 0.15) is 0 Å². The second-order valence-corrected chi connectivity index (χ2v) is 7.27. The van der Waals surface area contributed by atoms with Crippen LogP contribution in [0.25, 0.3) is 0 Å². The number of fused-ring (bicyclic) bond motifs is 2. The Hall–Kier alpha value is -2.40. The van der Waals surface area contributed by atoms with Gasteiger partial charge in [-0.3, -0.25) is 0 Å². The third-order valence-corrected chi connectivity index (χ3v) is 5.52. The highest BCUT2D eigenvalue weighted by Gasteiger charge is 2.26. The highest BCUT2D eigenvalue weighted by atomic mass is 16.3. The molecule has 0 spiro atoms. The lowest BCUT2D eigenvalue weighted by Gasteiger charge is -2.33. The molecule has 25 heavy (non-hydrogen) atoms. The molecule has 0 saturated carbocycles. The SMILES string of the molecule is Oc1cc2c(cc1O)C[C@@H](N[C@H]1CCc3cc(O)c(O)cc3C1)CC2. The quantitative estimate of drug-likeness (QED) is 0.541. The van der Waals surface area contributed by atoms with E-state index in [1.807, 2.05) is 0 Å². The molecule has 2 aromatic rings. The van der Waals surface area contributed by atoms with E-state index in [9.17, 15) is 20.4 Å². The average molecular weight is 341 g/mol. The first-order valence-electron chi connectivity index (χ1n) is 8.83. The van der Waals surface area contributed by atoms with Gasteiger partial charge in [0.05, 0.1) is 0 Å². The van der Waals surface area contributed by atoms with Crippen molar-refractivity contribution in [2.45, 2.75) is 50.6 Å². The van der Waals surface area contributed by atoms with E-state index in [0.29, 0.717) is 12.1 Å². The van der Waals surface area contributed by atoms with Crippen LogP contribution in [0.5, 0.6) is 23.0 Å². The molecular weight excluding hydrogens is 318 g/mol. The van der Waals surface area contributed by atoms with Crippen LogP contribution in [0.4, 0.5) is 0 Å². The van der Waals surface area contributed by atoms with Crippen molar-refractivity contribution in [3.05, 3.63) is 46.5 Å². The van der Waals surface area contributed by atoms with Gasteiger partial charge in [0.25, 0.3) is 0 Å². The number of aromatic hydroxyl groups is 4. The number of hydrogen-bond acceptors (Lipinski definition) is 5. The molecule has 132 valence electrons. The lowest BCUT2D eigenvalue weighted by atomic mass is 9.84. The van der Waals surface area contributed by atoms with Crippen molar-refractivity contribution in [1.82, 2.24) is 5.32 Å². The molecule has 0 aromatic heterocycles. The van der Waals surface area contributed by atoms with Gasteiger partial charge in [-0.05, 0) is 85.0 Å². The zero-order valence-corrected chi connectivity index (χ0v) is 14.0. The lowest BCUT2D eigenvalue weighted by molar-refractivity contribution is 0.360. The Morgan fingerprint density at radius 3 is 1.36 bits per heavy atom. The maximum atomic E-state index is 9.73. The van der Waals surface area contributed by atoms with Crippen LogP contribution in [-0.2, 0) is 25.7 Å². The highest BCUT2D eigenvalue weighted by molar-refractivity contribution is 5.48. The molecule has 4 rings (SSSR count). The van der Waals surface area contributed by atoms with Gasteiger partial charge < -0.3 is 25.7 Å². The molecule has 0 amide bonds. The summed E-state index contributed by atoms with van der Waals surface area (Å²) in [5, 5.41) is 42.4. The smallest absolute Gasteiger partial charge is 0.157 e.